The fraction of sp³-hybridized carbons (Fsp3) is 0.588. The van der Waals surface area contributed by atoms with E-state index in [2.05, 4.69) is 22.0 Å². The fourth-order valence-corrected chi connectivity index (χ4v) is 4.87. The van der Waals surface area contributed by atoms with Crippen molar-refractivity contribution in [3.05, 3.63) is 24.1 Å². The number of nitrogens with one attached hydrogen (secondary N) is 1. The Morgan fingerprint density at radius 1 is 1.48 bits per heavy atom. The number of nitrogens with zero attached hydrogens (tertiary/aromatic N) is 3. The minimum atomic E-state index is -3.58. The molecule has 25 heavy (non-hydrogen) atoms. The van der Waals surface area contributed by atoms with Gasteiger partial charge in [0.2, 0.25) is 10.0 Å². The number of piperidine rings is 1. The molecule has 1 aliphatic rings. The number of aromatic nitrogens is 2. The average Bonchev–Trinajstić information content (AvgIpc) is 3.24. The van der Waals surface area contributed by atoms with Gasteiger partial charge in [0.1, 0.15) is 16.3 Å². The number of likely N-dealkylation sites (tertiary alicyclic amines) is 1. The second kappa shape index (κ2) is 7.31. The fourth-order valence-electron chi connectivity index (χ4n) is 3.46. The van der Waals surface area contributed by atoms with Gasteiger partial charge in [-0.1, -0.05) is 6.92 Å². The molecule has 2 aromatic rings. The molecule has 2 aromatic heterocycles. The van der Waals surface area contributed by atoms with Crippen LogP contribution in [0.1, 0.15) is 25.5 Å². The lowest BCUT2D eigenvalue weighted by atomic mass is 9.98. The Labute approximate surface area is 149 Å². The largest absolute Gasteiger partial charge is 0.458 e. The third-order valence-corrected chi connectivity index (χ3v) is 6.82. The normalized spacial score (nSPS) is 19.6. The van der Waals surface area contributed by atoms with E-state index in [1.54, 1.807) is 32.3 Å². The molecule has 8 heteroatoms. The molecular formula is C17H26N4O3S. The molecule has 1 N–H and O–H groups in total. The molecule has 0 spiro atoms. The van der Waals surface area contributed by atoms with E-state index in [1.165, 1.54) is 4.31 Å². The summed E-state index contributed by atoms with van der Waals surface area (Å²) >= 11 is 0. The van der Waals surface area contributed by atoms with Gasteiger partial charge in [0, 0.05) is 32.4 Å². The third kappa shape index (κ3) is 3.80. The highest BCUT2D eigenvalue weighted by molar-refractivity contribution is 7.89. The highest BCUT2D eigenvalue weighted by Gasteiger charge is 2.30. The number of hydrogen-bond acceptors (Lipinski definition) is 5. The van der Waals surface area contributed by atoms with Crippen molar-refractivity contribution in [2.45, 2.75) is 31.6 Å². The molecule has 0 amide bonds. The third-order valence-electron chi connectivity index (χ3n) is 4.89. The minimum Gasteiger partial charge on any atom is -0.458 e. The first-order chi connectivity index (χ1) is 11.9. The van der Waals surface area contributed by atoms with Gasteiger partial charge in [0.25, 0.3) is 0 Å². The maximum atomic E-state index is 13.0. The van der Waals surface area contributed by atoms with Gasteiger partial charge < -0.3 is 9.32 Å². The Bertz CT molecular complexity index is 798. The molecule has 1 atom stereocenters. The van der Waals surface area contributed by atoms with Crippen LogP contribution in [0.3, 0.4) is 0 Å². The van der Waals surface area contributed by atoms with Gasteiger partial charge in [-0.25, -0.2) is 12.7 Å². The van der Waals surface area contributed by atoms with Crippen LogP contribution in [0.25, 0.3) is 11.5 Å². The van der Waals surface area contributed by atoms with Crippen molar-refractivity contribution in [1.29, 1.82) is 0 Å². The molecule has 7 nitrogen and oxygen atoms in total. The van der Waals surface area contributed by atoms with Crippen LogP contribution in [0.2, 0.25) is 0 Å². The van der Waals surface area contributed by atoms with E-state index in [0.717, 1.165) is 32.5 Å². The van der Waals surface area contributed by atoms with E-state index >= 15 is 0 Å². The summed E-state index contributed by atoms with van der Waals surface area (Å²) in [5.74, 6) is 1.25. The number of furan rings is 1. The zero-order chi connectivity index (χ0) is 18.0. The van der Waals surface area contributed by atoms with Crippen molar-refractivity contribution < 1.29 is 12.8 Å². The highest BCUT2D eigenvalue weighted by atomic mass is 32.2. The first-order valence-corrected chi connectivity index (χ1v) is 10.1. The average molecular weight is 366 g/mol. The highest BCUT2D eigenvalue weighted by Crippen LogP contribution is 2.29. The summed E-state index contributed by atoms with van der Waals surface area (Å²) in [6.45, 7) is 7.44. The SMILES string of the molecule is CCN1CCCC(CN(C)S(=O)(=O)c2cc(-c3ccn[nH]3)oc2C)C1. The number of aryl methyl sites for hydroxylation is 1. The Morgan fingerprint density at radius 3 is 2.96 bits per heavy atom. The van der Waals surface area contributed by atoms with Crippen molar-refractivity contribution in [2.75, 3.05) is 33.2 Å². The molecule has 0 aromatic carbocycles. The first-order valence-electron chi connectivity index (χ1n) is 8.70. The lowest BCUT2D eigenvalue weighted by molar-refractivity contribution is 0.168. The van der Waals surface area contributed by atoms with E-state index in [4.69, 9.17) is 4.42 Å². The van der Waals surface area contributed by atoms with Gasteiger partial charge in [-0.3, -0.25) is 5.10 Å². The molecule has 3 heterocycles. The van der Waals surface area contributed by atoms with Crippen LogP contribution in [-0.2, 0) is 10.0 Å². The zero-order valence-electron chi connectivity index (χ0n) is 15.0. The first kappa shape index (κ1) is 18.2. The number of hydrogen-bond donors (Lipinski definition) is 1. The van der Waals surface area contributed by atoms with Crippen LogP contribution in [0.4, 0.5) is 0 Å². The molecule has 138 valence electrons. The van der Waals surface area contributed by atoms with Crippen molar-refractivity contribution in [3.8, 4) is 11.5 Å². The second-order valence-corrected chi connectivity index (χ2v) is 8.70. The minimum absolute atomic E-state index is 0.225. The summed E-state index contributed by atoms with van der Waals surface area (Å²) in [4.78, 5) is 2.61. The summed E-state index contributed by atoms with van der Waals surface area (Å²) in [7, 11) is -1.92. The number of rotatable bonds is 6. The van der Waals surface area contributed by atoms with E-state index < -0.39 is 10.0 Å². The van der Waals surface area contributed by atoms with Crippen molar-refractivity contribution in [3.63, 3.8) is 0 Å². The maximum Gasteiger partial charge on any atom is 0.246 e. The van der Waals surface area contributed by atoms with Crippen LogP contribution < -0.4 is 0 Å². The van der Waals surface area contributed by atoms with Gasteiger partial charge in [-0.15, -0.1) is 0 Å². The number of sulfonamides is 1. The molecule has 1 saturated heterocycles. The Morgan fingerprint density at radius 2 is 2.28 bits per heavy atom. The van der Waals surface area contributed by atoms with Gasteiger partial charge in [-0.05, 0) is 44.8 Å². The molecule has 0 saturated carbocycles. The summed E-state index contributed by atoms with van der Waals surface area (Å²) in [5, 5.41) is 6.67. The van der Waals surface area contributed by atoms with Crippen molar-refractivity contribution in [1.82, 2.24) is 19.4 Å². The standard InChI is InChI=1S/C17H26N4O3S/c1-4-21-9-5-6-14(12-21)11-20(3)25(22,23)17-10-16(24-13(17)2)15-7-8-18-19-15/h7-8,10,14H,4-6,9,11-12H2,1-3H3,(H,18,19). The monoisotopic (exact) mass is 366 g/mol. The van der Waals surface area contributed by atoms with E-state index in [0.29, 0.717) is 29.7 Å². The van der Waals surface area contributed by atoms with E-state index in [-0.39, 0.29) is 4.90 Å². The molecule has 1 unspecified atom stereocenters. The summed E-state index contributed by atoms with van der Waals surface area (Å²) < 4.78 is 33.1. The van der Waals surface area contributed by atoms with Crippen molar-refractivity contribution >= 4 is 10.0 Å². The van der Waals surface area contributed by atoms with Crippen LogP contribution in [0, 0.1) is 12.8 Å². The lowest BCUT2D eigenvalue weighted by Gasteiger charge is -2.33. The molecule has 0 aliphatic carbocycles. The van der Waals surface area contributed by atoms with Gasteiger partial charge in [0.15, 0.2) is 5.76 Å². The van der Waals surface area contributed by atoms with Crippen LogP contribution in [0.5, 0.6) is 0 Å². The van der Waals surface area contributed by atoms with Crippen molar-refractivity contribution in [2.24, 2.45) is 5.92 Å². The van der Waals surface area contributed by atoms with E-state index in [9.17, 15) is 8.42 Å². The number of H-pyrrole nitrogens is 1. The van der Waals surface area contributed by atoms with E-state index in [1.807, 2.05) is 0 Å². The van der Waals surface area contributed by atoms with Crippen LogP contribution >= 0.6 is 0 Å². The molecule has 1 aliphatic heterocycles. The maximum absolute atomic E-state index is 13.0. The molecule has 1 fully saturated rings. The quantitative estimate of drug-likeness (QED) is 0.848. The summed E-state index contributed by atoms with van der Waals surface area (Å²) in [6.07, 6.45) is 3.80. The summed E-state index contributed by atoms with van der Waals surface area (Å²) in [5.41, 5.74) is 0.665. The molecular weight excluding hydrogens is 340 g/mol. The van der Waals surface area contributed by atoms with Crippen LogP contribution in [0.15, 0.2) is 27.6 Å². The predicted molar refractivity (Wildman–Crippen MR) is 95.7 cm³/mol. The Balaban J connectivity index is 1.77. The zero-order valence-corrected chi connectivity index (χ0v) is 15.8. The van der Waals surface area contributed by atoms with Gasteiger partial charge >= 0.3 is 0 Å². The number of aromatic amines is 1. The topological polar surface area (TPSA) is 82.4 Å². The lowest BCUT2D eigenvalue weighted by Crippen LogP contribution is -2.41. The Hall–Kier alpha value is -1.64. The second-order valence-electron chi connectivity index (χ2n) is 6.69. The molecule has 0 radical (unpaired) electrons. The van der Waals surface area contributed by atoms with Gasteiger partial charge in [0.05, 0.1) is 0 Å². The smallest absolute Gasteiger partial charge is 0.246 e. The Kier molecular flexibility index (Phi) is 5.31. The molecule has 3 rings (SSSR count). The van der Waals surface area contributed by atoms with Crippen LogP contribution in [-0.4, -0.2) is 61.0 Å². The molecule has 0 bridgehead atoms. The summed E-state index contributed by atoms with van der Waals surface area (Å²) in [6, 6.07) is 3.33. The van der Waals surface area contributed by atoms with Gasteiger partial charge in [-0.2, -0.15) is 5.10 Å². The predicted octanol–water partition coefficient (Wildman–Crippen LogP) is 2.33.